The average molecular weight is 287 g/mol. The molecular formula is C15H17N3O3. The molecule has 2 aromatic rings. The van der Waals surface area contributed by atoms with Crippen LogP contribution < -0.4 is 4.74 Å². The molecule has 0 N–H and O–H groups in total. The number of unbranched alkanes of at least 4 members (excludes halogenated alkanes) is 2. The number of rotatable bonds is 5. The lowest BCUT2D eigenvalue weighted by atomic mass is 10.2. The van der Waals surface area contributed by atoms with Crippen LogP contribution in [0, 0.1) is 6.57 Å². The summed E-state index contributed by atoms with van der Waals surface area (Å²) < 4.78 is 7.23. The fourth-order valence-electron chi connectivity index (χ4n) is 2.04. The minimum Gasteiger partial charge on any atom is -0.508 e. The van der Waals surface area contributed by atoms with Crippen molar-refractivity contribution in [3.8, 4) is 5.75 Å². The smallest absolute Gasteiger partial charge is 0.373 e. The number of fused-ring (bicyclic) bond motifs is 1. The van der Waals surface area contributed by atoms with Gasteiger partial charge in [0, 0.05) is 11.9 Å². The molecule has 1 aromatic carbocycles. The Labute approximate surface area is 123 Å². The standard InChI is InChI=1S/C14H17N3O.CO2/c1-4-5-6-7-17-13-9-14(18-3)12(15-2)8-11(13)10-16-17;2-1-3/h8-10H,4-7H2,1,3H3;. The lowest BCUT2D eigenvalue weighted by molar-refractivity contribution is -0.191. The first-order valence-electron chi connectivity index (χ1n) is 6.62. The summed E-state index contributed by atoms with van der Waals surface area (Å²) in [6.07, 6.45) is 5.60. The number of benzene rings is 1. The van der Waals surface area contributed by atoms with E-state index in [4.69, 9.17) is 20.9 Å². The largest absolute Gasteiger partial charge is 0.508 e. The fraction of sp³-hybridized carbons (Fsp3) is 0.400. The van der Waals surface area contributed by atoms with Gasteiger partial charge < -0.3 is 4.74 Å². The molecule has 0 radical (unpaired) electrons. The summed E-state index contributed by atoms with van der Waals surface area (Å²) in [6, 6.07) is 3.74. The van der Waals surface area contributed by atoms with E-state index in [0.717, 1.165) is 23.9 Å². The Kier molecular flexibility index (Phi) is 6.66. The second kappa shape index (κ2) is 8.51. The van der Waals surface area contributed by atoms with Gasteiger partial charge in [0.05, 0.1) is 25.4 Å². The van der Waals surface area contributed by atoms with E-state index in [0.29, 0.717) is 11.4 Å². The second-order valence-corrected chi connectivity index (χ2v) is 4.35. The van der Waals surface area contributed by atoms with Crippen molar-refractivity contribution in [1.29, 1.82) is 0 Å². The first-order valence-corrected chi connectivity index (χ1v) is 6.62. The Bertz CT molecular complexity index is 665. The minimum absolute atomic E-state index is 0.250. The molecule has 6 heteroatoms. The van der Waals surface area contributed by atoms with Crippen molar-refractivity contribution in [2.75, 3.05) is 7.11 Å². The fourth-order valence-corrected chi connectivity index (χ4v) is 2.04. The van der Waals surface area contributed by atoms with Crippen molar-refractivity contribution in [2.24, 2.45) is 0 Å². The number of carbonyl (C=O) groups excluding carboxylic acids is 2. The molecule has 0 unspecified atom stereocenters. The van der Waals surface area contributed by atoms with Gasteiger partial charge in [-0.1, -0.05) is 19.8 Å². The third-order valence-corrected chi connectivity index (χ3v) is 3.04. The number of aryl methyl sites for hydroxylation is 1. The van der Waals surface area contributed by atoms with E-state index in [1.165, 1.54) is 12.8 Å². The van der Waals surface area contributed by atoms with Crippen LogP contribution in [0.25, 0.3) is 15.7 Å². The summed E-state index contributed by atoms with van der Waals surface area (Å²) in [5.74, 6) is 0.620. The third-order valence-electron chi connectivity index (χ3n) is 3.04. The highest BCUT2D eigenvalue weighted by molar-refractivity contribution is 5.86. The molecule has 0 saturated carbocycles. The van der Waals surface area contributed by atoms with E-state index >= 15 is 0 Å². The van der Waals surface area contributed by atoms with Gasteiger partial charge in [-0.2, -0.15) is 14.7 Å². The molecule has 0 atom stereocenters. The summed E-state index contributed by atoms with van der Waals surface area (Å²) >= 11 is 0. The predicted octanol–water partition coefficient (Wildman–Crippen LogP) is 3.20. The highest BCUT2D eigenvalue weighted by Gasteiger charge is 2.09. The van der Waals surface area contributed by atoms with Gasteiger partial charge in [-0.05, 0) is 18.6 Å². The van der Waals surface area contributed by atoms with E-state index in [-0.39, 0.29) is 6.15 Å². The molecule has 6 nitrogen and oxygen atoms in total. The van der Waals surface area contributed by atoms with Crippen LogP contribution in [0.2, 0.25) is 0 Å². The van der Waals surface area contributed by atoms with Crippen molar-refractivity contribution >= 4 is 22.7 Å². The van der Waals surface area contributed by atoms with Gasteiger partial charge >= 0.3 is 6.15 Å². The third kappa shape index (κ3) is 4.16. The summed E-state index contributed by atoms with van der Waals surface area (Å²) in [5.41, 5.74) is 1.58. The SMILES string of the molecule is O=C=O.[C-]#[N+]c1cc2cnn(CCCCC)c2cc1OC. The van der Waals surface area contributed by atoms with E-state index in [2.05, 4.69) is 16.9 Å². The summed E-state index contributed by atoms with van der Waals surface area (Å²) in [7, 11) is 1.59. The topological polar surface area (TPSA) is 65.5 Å². The zero-order valence-electron chi connectivity index (χ0n) is 12.1. The predicted molar refractivity (Wildman–Crippen MR) is 77.1 cm³/mol. The van der Waals surface area contributed by atoms with Gasteiger partial charge in [0.15, 0.2) is 0 Å². The molecule has 0 saturated heterocycles. The molecule has 0 aliphatic rings. The van der Waals surface area contributed by atoms with Crippen LogP contribution in [0.5, 0.6) is 5.75 Å². The van der Waals surface area contributed by atoms with Gasteiger partial charge in [0.1, 0.15) is 5.75 Å². The molecule has 0 fully saturated rings. The number of hydrogen-bond donors (Lipinski definition) is 0. The first-order chi connectivity index (χ1) is 10.2. The summed E-state index contributed by atoms with van der Waals surface area (Å²) in [5, 5.41) is 5.37. The van der Waals surface area contributed by atoms with Crippen molar-refractivity contribution in [3.05, 3.63) is 29.7 Å². The Balaban J connectivity index is 0.000000677. The molecular weight excluding hydrogens is 270 g/mol. The first kappa shape index (κ1) is 16.4. The van der Waals surface area contributed by atoms with Crippen LogP contribution in [-0.4, -0.2) is 23.0 Å². The maximum atomic E-state index is 8.12. The number of nitrogens with zero attached hydrogens (tertiary/aromatic N) is 3. The van der Waals surface area contributed by atoms with Gasteiger partial charge in [0.2, 0.25) is 5.69 Å². The molecule has 0 aliphatic heterocycles. The lowest BCUT2D eigenvalue weighted by Gasteiger charge is -2.06. The highest BCUT2D eigenvalue weighted by atomic mass is 16.5. The van der Waals surface area contributed by atoms with E-state index in [1.807, 2.05) is 23.0 Å². The summed E-state index contributed by atoms with van der Waals surface area (Å²) in [6.45, 7) is 10.2. The average Bonchev–Trinajstić information content (AvgIpc) is 2.89. The number of hydrogen-bond acceptors (Lipinski definition) is 4. The molecule has 2 rings (SSSR count). The molecule has 21 heavy (non-hydrogen) atoms. The monoisotopic (exact) mass is 287 g/mol. The Morgan fingerprint density at radius 2 is 2.10 bits per heavy atom. The second-order valence-electron chi connectivity index (χ2n) is 4.35. The number of aromatic nitrogens is 2. The van der Waals surface area contributed by atoms with Crippen molar-refractivity contribution in [3.63, 3.8) is 0 Å². The molecule has 0 aliphatic carbocycles. The van der Waals surface area contributed by atoms with E-state index in [1.54, 1.807) is 7.11 Å². The number of methoxy groups -OCH3 is 1. The lowest BCUT2D eigenvalue weighted by Crippen LogP contribution is -1.99. The van der Waals surface area contributed by atoms with Gasteiger partial charge in [-0.3, -0.25) is 4.68 Å². The summed E-state index contributed by atoms with van der Waals surface area (Å²) in [4.78, 5) is 19.7. The highest BCUT2D eigenvalue weighted by Crippen LogP contribution is 2.32. The molecule has 0 bridgehead atoms. The molecule has 1 aromatic heterocycles. The quantitative estimate of drug-likeness (QED) is 0.625. The van der Waals surface area contributed by atoms with Crippen molar-refractivity contribution in [2.45, 2.75) is 32.7 Å². The zero-order valence-corrected chi connectivity index (χ0v) is 12.1. The van der Waals surface area contributed by atoms with Crippen LogP contribution in [0.4, 0.5) is 5.69 Å². The minimum atomic E-state index is 0.250. The Hall–Kier alpha value is -2.64. The van der Waals surface area contributed by atoms with Crippen LogP contribution in [0.3, 0.4) is 0 Å². The molecule has 0 amide bonds. The molecule has 0 spiro atoms. The van der Waals surface area contributed by atoms with Crippen LogP contribution >= 0.6 is 0 Å². The van der Waals surface area contributed by atoms with Crippen molar-refractivity contribution < 1.29 is 14.3 Å². The van der Waals surface area contributed by atoms with Crippen molar-refractivity contribution in [1.82, 2.24) is 9.78 Å². The zero-order chi connectivity index (χ0) is 15.7. The van der Waals surface area contributed by atoms with Gasteiger partial charge in [-0.25, -0.2) is 4.85 Å². The van der Waals surface area contributed by atoms with E-state index < -0.39 is 0 Å². The maximum absolute atomic E-state index is 8.12. The van der Waals surface area contributed by atoms with E-state index in [9.17, 15) is 0 Å². The van der Waals surface area contributed by atoms with Crippen LogP contribution in [0.1, 0.15) is 26.2 Å². The number of ether oxygens (including phenoxy) is 1. The molecule has 110 valence electrons. The maximum Gasteiger partial charge on any atom is 0.373 e. The van der Waals surface area contributed by atoms with Crippen LogP contribution in [0.15, 0.2) is 18.3 Å². The van der Waals surface area contributed by atoms with Gasteiger partial charge in [-0.15, -0.1) is 0 Å². The Morgan fingerprint density at radius 3 is 2.67 bits per heavy atom. The van der Waals surface area contributed by atoms with Gasteiger partial charge in [0.25, 0.3) is 0 Å². The Morgan fingerprint density at radius 1 is 1.38 bits per heavy atom. The normalized spacial score (nSPS) is 9.38. The van der Waals surface area contributed by atoms with Crippen LogP contribution in [-0.2, 0) is 16.1 Å². The molecule has 1 heterocycles.